The number of rotatable bonds is 14. The molecule has 1 spiro atoms. The number of hydrogen-bond acceptors (Lipinski definition) is 12. The smallest absolute Gasteiger partial charge is 0.416 e. The van der Waals surface area contributed by atoms with Crippen molar-refractivity contribution < 1.29 is 97.8 Å². The number of aliphatic hydroxyl groups excluding tert-OH is 3. The number of β-amino-alcohol motifs (C(OH)–C–C–N with tert-alkyl or cyclic N) is 3. The molecule has 0 atom stereocenters. The van der Waals surface area contributed by atoms with Gasteiger partial charge in [0.2, 0.25) is 17.7 Å². The van der Waals surface area contributed by atoms with Crippen LogP contribution in [0, 0.1) is 0 Å². The van der Waals surface area contributed by atoms with Crippen LogP contribution in [0.1, 0.15) is 129 Å². The first-order valence-electron chi connectivity index (χ1n) is 35.0. The lowest BCUT2D eigenvalue weighted by Crippen LogP contribution is -2.46. The van der Waals surface area contributed by atoms with Crippen LogP contribution in [0.15, 0.2) is 127 Å². The van der Waals surface area contributed by atoms with E-state index in [1.54, 1.807) is 77.5 Å². The van der Waals surface area contributed by atoms with Crippen molar-refractivity contribution in [1.29, 1.82) is 0 Å². The summed E-state index contributed by atoms with van der Waals surface area (Å²) in [6.45, 7) is 8.64. The molecule has 21 nitrogen and oxygen atoms in total. The zero-order valence-corrected chi connectivity index (χ0v) is 60.2. The molecule has 30 heteroatoms. The average Bonchev–Trinajstić information content (AvgIpc) is 0.772. The number of fused-ring (bicyclic) bond motifs is 6. The largest absolute Gasteiger partial charge is 0.487 e. The molecule has 0 saturated heterocycles. The molecule has 0 unspecified atom stereocenters. The Morgan fingerprint density at radius 3 is 1.09 bits per heavy atom. The molecule has 7 aliphatic rings. The Kier molecular flexibility index (Phi) is 22.5. The molecule has 574 valence electrons. The highest BCUT2D eigenvalue weighted by molar-refractivity contribution is 6.08. The predicted molar refractivity (Wildman–Crippen MR) is 387 cm³/mol. The summed E-state index contributed by atoms with van der Waals surface area (Å²) in [5.41, 5.74) is 4.72. The average molecular weight is 1510 g/mol. The summed E-state index contributed by atoms with van der Waals surface area (Å²) in [5, 5.41) is 36.0. The summed E-state index contributed by atoms with van der Waals surface area (Å²) < 4.78 is 137. The van der Waals surface area contributed by atoms with Crippen molar-refractivity contribution in [3.8, 4) is 17.2 Å². The molecule has 6 N–H and O–H groups in total. The van der Waals surface area contributed by atoms with Crippen LogP contribution in [0.25, 0.3) is 16.7 Å². The zero-order chi connectivity index (χ0) is 78.2. The molecule has 13 rings (SSSR count). The fourth-order valence-corrected chi connectivity index (χ4v) is 14.3. The minimum atomic E-state index is -4.51. The number of carbonyl (C=O) groups excluding carboxylic acids is 6. The normalized spacial score (nSPS) is 18.5. The van der Waals surface area contributed by atoms with E-state index in [-0.39, 0.29) is 74.8 Å². The number of urea groups is 3. The van der Waals surface area contributed by atoms with Crippen LogP contribution in [-0.2, 0) is 52.5 Å². The number of hydrogen-bond donors (Lipinski definition) is 6. The first-order valence-corrected chi connectivity index (χ1v) is 35.0. The number of nitrogens with zero attached hydrogens (tertiary/aromatic N) is 6. The van der Waals surface area contributed by atoms with E-state index in [1.807, 2.05) is 26.0 Å². The Hall–Kier alpha value is -10.6. The summed E-state index contributed by atoms with van der Waals surface area (Å²) in [7, 11) is 4.88. The number of halogens is 9. The van der Waals surface area contributed by atoms with Gasteiger partial charge in [-0.2, -0.15) is 39.5 Å². The Morgan fingerprint density at radius 2 is 0.778 bits per heavy atom. The molecule has 9 amide bonds. The van der Waals surface area contributed by atoms with E-state index in [9.17, 15) is 78.5 Å². The number of ether oxygens (including phenoxy) is 3. The summed E-state index contributed by atoms with van der Waals surface area (Å²) in [5.74, 6) is -0.956. The van der Waals surface area contributed by atoms with Crippen molar-refractivity contribution >= 4 is 86.7 Å². The van der Waals surface area contributed by atoms with Gasteiger partial charge in [-0.1, -0.05) is 50.2 Å². The third-order valence-corrected chi connectivity index (χ3v) is 20.1. The van der Waals surface area contributed by atoms with Gasteiger partial charge in [0.25, 0.3) is 0 Å². The number of carbonyl (C=O) groups is 6. The molecule has 6 aromatic rings. The van der Waals surface area contributed by atoms with Gasteiger partial charge in [0.1, 0.15) is 34.1 Å². The number of benzene rings is 6. The quantitative estimate of drug-likeness (QED) is 0.0440. The lowest BCUT2D eigenvalue weighted by Gasteiger charge is -2.46. The monoisotopic (exact) mass is 1510 g/mol. The number of aliphatic hydroxyl groups is 3. The predicted octanol–water partition coefficient (Wildman–Crippen LogP) is 14.9. The van der Waals surface area contributed by atoms with Crippen LogP contribution in [0.2, 0.25) is 0 Å². The van der Waals surface area contributed by atoms with Crippen LogP contribution in [-0.4, -0.2) is 143 Å². The fraction of sp³-hybridized carbons (Fsp3) is 0.385. The summed E-state index contributed by atoms with van der Waals surface area (Å²) >= 11 is 0. The first kappa shape index (κ1) is 78.5. The molecular weight excluding hydrogens is 1430 g/mol. The van der Waals surface area contributed by atoms with Crippen molar-refractivity contribution in [1.82, 2.24) is 14.7 Å². The van der Waals surface area contributed by atoms with Gasteiger partial charge >= 0.3 is 36.6 Å². The Morgan fingerprint density at radius 1 is 0.454 bits per heavy atom. The molecule has 0 bridgehead atoms. The van der Waals surface area contributed by atoms with E-state index in [2.05, 4.69) is 16.0 Å². The van der Waals surface area contributed by atoms with E-state index in [4.69, 9.17) is 19.3 Å². The van der Waals surface area contributed by atoms with Gasteiger partial charge in [-0.15, -0.1) is 0 Å². The second-order valence-corrected chi connectivity index (χ2v) is 28.1. The van der Waals surface area contributed by atoms with Gasteiger partial charge in [0.05, 0.1) is 53.6 Å². The van der Waals surface area contributed by atoms with Crippen molar-refractivity contribution in [2.75, 3.05) is 91.2 Å². The highest BCUT2D eigenvalue weighted by Crippen LogP contribution is 2.52. The van der Waals surface area contributed by atoms with Crippen LogP contribution in [0.5, 0.6) is 17.2 Å². The van der Waals surface area contributed by atoms with E-state index in [0.717, 1.165) is 72.4 Å². The minimum absolute atomic E-state index is 0.0801. The van der Waals surface area contributed by atoms with Gasteiger partial charge in [-0.3, -0.25) is 29.1 Å². The summed E-state index contributed by atoms with van der Waals surface area (Å²) in [4.78, 5) is 85.4. The highest BCUT2D eigenvalue weighted by Gasteiger charge is 2.46. The van der Waals surface area contributed by atoms with Crippen molar-refractivity contribution in [2.45, 2.75) is 134 Å². The third kappa shape index (κ3) is 17.2. The van der Waals surface area contributed by atoms with Gasteiger partial charge in [0.15, 0.2) is 0 Å². The standard InChI is InChI=1S/C27H30F3N3O4.C26H26F3N3O4.C25H26F3N3O4/c1-4-26(5-2)15-18(21-9-7-19(27(28,29)30)13-23(21)37-26)12-24(35)31-20-8-6-17-16-33(10-11-34)25(36)32(3)22(17)14-20;1-31-21-13-19(5-3-16(21)15-32(9-10-33)24(31)35)30-23(34)11-17-14-25(7-2-8-25)36-22-12-18(26(27,28)29)4-6-20(17)22;1-24(2)13-16(19-7-5-17(25(26,27)28)11-21(19)35-24)10-22(33)29-18-6-4-15-14-31(8-9-32)23(34)30(3)20(15)12-18/h6-9,12-14,34H,4-5,10-11,15-16H2,1-3H3,(H,31,35);3-6,11-13,33H,2,7-10,14-15H2,1H3,(H,30,34);4-7,10-12,32H,8-9,13-14H2,1-3H3,(H,29,33)/b18-12+;17-11+;16-10+. The zero-order valence-electron chi connectivity index (χ0n) is 60.2. The maximum Gasteiger partial charge on any atom is 0.416 e. The van der Waals surface area contributed by atoms with E-state index < -0.39 is 69.7 Å². The maximum absolute atomic E-state index is 13.3. The van der Waals surface area contributed by atoms with E-state index in [1.165, 1.54) is 65.8 Å². The minimum Gasteiger partial charge on any atom is -0.487 e. The van der Waals surface area contributed by atoms with Crippen LogP contribution >= 0.6 is 0 Å². The topological polar surface area (TPSA) is 246 Å². The molecule has 6 aromatic carbocycles. The number of anilines is 6. The van der Waals surface area contributed by atoms with Crippen molar-refractivity contribution in [3.63, 3.8) is 0 Å². The Labute approximate surface area is 616 Å². The van der Waals surface area contributed by atoms with Gasteiger partial charge < -0.3 is 60.2 Å². The van der Waals surface area contributed by atoms with Gasteiger partial charge in [-0.25, -0.2) is 14.4 Å². The summed E-state index contributed by atoms with van der Waals surface area (Å²) in [6.07, 6.45) is -4.63. The van der Waals surface area contributed by atoms with Gasteiger partial charge in [-0.05, 0) is 152 Å². The molecule has 1 saturated carbocycles. The Bertz CT molecular complexity index is 4600. The van der Waals surface area contributed by atoms with E-state index in [0.29, 0.717) is 119 Å². The third-order valence-electron chi connectivity index (χ3n) is 20.1. The molecule has 108 heavy (non-hydrogen) atoms. The molecule has 0 aromatic heterocycles. The maximum atomic E-state index is 13.3. The molecule has 1 aliphatic carbocycles. The number of nitrogens with one attached hydrogen (secondary N) is 3. The molecule has 6 aliphatic heterocycles. The van der Waals surface area contributed by atoms with Crippen molar-refractivity contribution in [3.05, 3.63) is 177 Å². The summed E-state index contributed by atoms with van der Waals surface area (Å²) in [6, 6.07) is 24.9. The van der Waals surface area contributed by atoms with Crippen LogP contribution < -0.4 is 44.9 Å². The Balaban J connectivity index is 0.000000161. The van der Waals surface area contributed by atoms with Crippen molar-refractivity contribution in [2.24, 2.45) is 0 Å². The molecule has 1 fully saturated rings. The SMILES string of the molecule is CCC1(CC)C/C(=C\C(=O)Nc2ccc3c(c2)N(C)C(=O)N(CCO)C3)c2ccc(C(F)(F)F)cc2O1.CN1C(=O)N(CCO)Cc2ccc(NC(=O)/C=C3\CC(C)(C)Oc4cc(C(F)(F)F)ccc43)cc21.CN1C(=O)N(CCO)Cc2ccc(NC(=O)/C=C3\CC4(CCC4)Oc4cc(C(F)(F)F)ccc43)cc21. The fourth-order valence-electron chi connectivity index (χ4n) is 14.3. The lowest BCUT2D eigenvalue weighted by molar-refractivity contribution is -0.138. The number of alkyl halides is 9. The molecule has 0 radical (unpaired) electrons. The molecule has 6 heterocycles. The highest BCUT2D eigenvalue weighted by atomic mass is 19.4. The molecular formula is C78H82F9N9O12. The van der Waals surface area contributed by atoms with E-state index >= 15 is 0 Å². The lowest BCUT2D eigenvalue weighted by atomic mass is 9.72. The second-order valence-electron chi connectivity index (χ2n) is 28.1. The van der Waals surface area contributed by atoms with Crippen LogP contribution in [0.3, 0.4) is 0 Å². The first-order chi connectivity index (χ1) is 51.0. The second kappa shape index (κ2) is 30.9. The number of amides is 9. The van der Waals surface area contributed by atoms with Gasteiger partial charge in [0, 0.05) is 132 Å². The van der Waals surface area contributed by atoms with Crippen LogP contribution in [0.4, 0.5) is 88.0 Å².